The highest BCUT2D eigenvalue weighted by atomic mass is 19.3. The number of hydrogen-bond acceptors (Lipinski definition) is 3. The molecular formula is C17H24BF2NO3. The summed E-state index contributed by atoms with van der Waals surface area (Å²) < 4.78 is 37.4. The Kier molecular flexibility index (Phi) is 5.35. The predicted molar refractivity (Wildman–Crippen MR) is 89.3 cm³/mol. The van der Waals surface area contributed by atoms with Crippen molar-refractivity contribution in [3.8, 4) is 0 Å². The smallest absolute Gasteiger partial charge is 0.399 e. The van der Waals surface area contributed by atoms with Gasteiger partial charge < -0.3 is 14.6 Å². The summed E-state index contributed by atoms with van der Waals surface area (Å²) in [7, 11) is -0.502. The molecule has 0 aliphatic carbocycles. The van der Waals surface area contributed by atoms with E-state index < -0.39 is 37.2 Å². The van der Waals surface area contributed by atoms with Crippen molar-refractivity contribution in [1.82, 2.24) is 5.32 Å². The third-order valence-electron chi connectivity index (χ3n) is 4.66. The van der Waals surface area contributed by atoms with Crippen LogP contribution >= 0.6 is 0 Å². The number of alkyl halides is 2. The lowest BCUT2D eigenvalue weighted by molar-refractivity contribution is -0.119. The third-order valence-corrected chi connectivity index (χ3v) is 4.66. The van der Waals surface area contributed by atoms with Crippen LogP contribution in [-0.4, -0.2) is 30.7 Å². The van der Waals surface area contributed by atoms with Gasteiger partial charge in [-0.15, -0.1) is 0 Å². The molecule has 0 aromatic heterocycles. The molecule has 1 saturated heterocycles. The van der Waals surface area contributed by atoms with Gasteiger partial charge in [0.15, 0.2) is 0 Å². The highest BCUT2D eigenvalue weighted by Gasteiger charge is 2.51. The van der Waals surface area contributed by atoms with Gasteiger partial charge in [0.2, 0.25) is 12.3 Å². The topological polar surface area (TPSA) is 47.6 Å². The summed E-state index contributed by atoms with van der Waals surface area (Å²) in [5.41, 5.74) is 0.567. The van der Waals surface area contributed by atoms with Gasteiger partial charge in [0.05, 0.1) is 17.2 Å². The monoisotopic (exact) mass is 339 g/mol. The number of carbonyl (C=O) groups excluding carboxylic acids is 1. The summed E-state index contributed by atoms with van der Waals surface area (Å²) >= 11 is 0. The van der Waals surface area contributed by atoms with Gasteiger partial charge in [-0.05, 0) is 38.7 Å². The highest BCUT2D eigenvalue weighted by molar-refractivity contribution is 6.62. The Bertz CT molecular complexity index is 574. The van der Waals surface area contributed by atoms with Crippen LogP contribution in [0.3, 0.4) is 0 Å². The minimum atomic E-state index is -2.50. The SMILES string of the molecule is CC(=O)NC(CC(F)F)c1ccc(B2OC(C)(C)C(C)(C)O2)cc1. The number of benzene rings is 1. The maximum absolute atomic E-state index is 12.7. The zero-order valence-electron chi connectivity index (χ0n) is 14.7. The third kappa shape index (κ3) is 4.13. The van der Waals surface area contributed by atoms with Crippen LogP contribution in [0.1, 0.15) is 52.6 Å². The zero-order chi connectivity index (χ0) is 18.1. The second kappa shape index (κ2) is 6.80. The Morgan fingerprint density at radius 1 is 1.12 bits per heavy atom. The summed E-state index contributed by atoms with van der Waals surface area (Å²) in [4.78, 5) is 11.2. The quantitative estimate of drug-likeness (QED) is 0.840. The lowest BCUT2D eigenvalue weighted by Gasteiger charge is -2.32. The first-order valence-corrected chi connectivity index (χ1v) is 8.02. The van der Waals surface area contributed by atoms with Crippen LogP contribution in [-0.2, 0) is 14.1 Å². The molecule has 2 rings (SSSR count). The van der Waals surface area contributed by atoms with E-state index in [0.717, 1.165) is 5.46 Å². The van der Waals surface area contributed by atoms with Crippen molar-refractivity contribution >= 4 is 18.5 Å². The van der Waals surface area contributed by atoms with Crippen LogP contribution < -0.4 is 10.8 Å². The molecular weight excluding hydrogens is 315 g/mol. The molecule has 0 radical (unpaired) electrons. The van der Waals surface area contributed by atoms with Crippen LogP contribution in [0, 0.1) is 0 Å². The van der Waals surface area contributed by atoms with E-state index in [1.165, 1.54) is 6.92 Å². The molecule has 132 valence electrons. The second-order valence-corrected chi connectivity index (χ2v) is 7.13. The predicted octanol–water partition coefficient (Wildman–Crippen LogP) is 2.82. The summed E-state index contributed by atoms with van der Waals surface area (Å²) in [6, 6.07) is 6.32. The number of carbonyl (C=O) groups is 1. The van der Waals surface area contributed by atoms with E-state index in [4.69, 9.17) is 9.31 Å². The summed E-state index contributed by atoms with van der Waals surface area (Å²) in [5, 5.41) is 2.56. The van der Waals surface area contributed by atoms with Crippen molar-refractivity contribution in [2.24, 2.45) is 0 Å². The largest absolute Gasteiger partial charge is 0.494 e. The van der Waals surface area contributed by atoms with Gasteiger partial charge in [0.1, 0.15) is 0 Å². The molecule has 1 aromatic rings. The Morgan fingerprint density at radius 2 is 1.62 bits per heavy atom. The van der Waals surface area contributed by atoms with Crippen molar-refractivity contribution < 1.29 is 22.9 Å². The first kappa shape index (κ1) is 18.9. The first-order chi connectivity index (χ1) is 11.0. The van der Waals surface area contributed by atoms with E-state index in [2.05, 4.69) is 5.32 Å². The molecule has 1 fully saturated rings. The van der Waals surface area contributed by atoms with E-state index in [-0.39, 0.29) is 5.91 Å². The van der Waals surface area contributed by atoms with E-state index in [0.29, 0.717) is 5.56 Å². The highest BCUT2D eigenvalue weighted by Crippen LogP contribution is 2.36. The molecule has 1 heterocycles. The van der Waals surface area contributed by atoms with E-state index >= 15 is 0 Å². The minimum Gasteiger partial charge on any atom is -0.399 e. The lowest BCUT2D eigenvalue weighted by atomic mass is 9.78. The molecule has 24 heavy (non-hydrogen) atoms. The number of halogens is 2. The molecule has 1 aliphatic heterocycles. The van der Waals surface area contributed by atoms with Crippen LogP contribution in [0.15, 0.2) is 24.3 Å². The van der Waals surface area contributed by atoms with Crippen LogP contribution in [0.25, 0.3) is 0 Å². The van der Waals surface area contributed by atoms with Gasteiger partial charge in [-0.25, -0.2) is 8.78 Å². The van der Waals surface area contributed by atoms with Crippen LogP contribution in [0.5, 0.6) is 0 Å². The molecule has 4 nitrogen and oxygen atoms in total. The fourth-order valence-corrected chi connectivity index (χ4v) is 2.57. The molecule has 7 heteroatoms. The van der Waals surface area contributed by atoms with E-state index in [1.54, 1.807) is 24.3 Å². The molecule has 0 saturated carbocycles. The van der Waals surface area contributed by atoms with Gasteiger partial charge in [-0.2, -0.15) is 0 Å². The molecule has 1 aromatic carbocycles. The number of nitrogens with one attached hydrogen (secondary N) is 1. The molecule has 1 unspecified atom stereocenters. The van der Waals surface area contributed by atoms with Gasteiger partial charge in [0, 0.05) is 13.3 Å². The van der Waals surface area contributed by atoms with Crippen LogP contribution in [0.2, 0.25) is 0 Å². The molecule has 1 N–H and O–H groups in total. The molecule has 1 amide bonds. The molecule has 0 bridgehead atoms. The first-order valence-electron chi connectivity index (χ1n) is 8.02. The van der Waals surface area contributed by atoms with Crippen molar-refractivity contribution in [3.05, 3.63) is 29.8 Å². The normalized spacial score (nSPS) is 20.2. The van der Waals surface area contributed by atoms with Crippen molar-refractivity contribution in [2.45, 2.75) is 64.7 Å². The standard InChI is InChI=1S/C17H24BF2NO3/c1-11(22)21-14(10-15(19)20)12-6-8-13(9-7-12)18-23-16(2,3)17(4,5)24-18/h6-9,14-15H,10H2,1-5H3,(H,21,22). The zero-order valence-corrected chi connectivity index (χ0v) is 14.7. The average molecular weight is 339 g/mol. The molecule has 1 atom stereocenters. The average Bonchev–Trinajstić information content (AvgIpc) is 2.66. The van der Waals surface area contributed by atoms with Gasteiger partial charge in [-0.1, -0.05) is 24.3 Å². The van der Waals surface area contributed by atoms with Gasteiger partial charge >= 0.3 is 7.12 Å². The maximum atomic E-state index is 12.7. The van der Waals surface area contributed by atoms with Crippen molar-refractivity contribution in [2.75, 3.05) is 0 Å². The molecule has 0 spiro atoms. The van der Waals surface area contributed by atoms with E-state index in [9.17, 15) is 13.6 Å². The van der Waals surface area contributed by atoms with E-state index in [1.807, 2.05) is 27.7 Å². The Balaban J connectivity index is 2.16. The fourth-order valence-electron chi connectivity index (χ4n) is 2.57. The van der Waals surface area contributed by atoms with Crippen molar-refractivity contribution in [1.29, 1.82) is 0 Å². The summed E-state index contributed by atoms with van der Waals surface area (Å²) in [5.74, 6) is -0.337. The Hall–Kier alpha value is -1.47. The Labute approximate surface area is 142 Å². The maximum Gasteiger partial charge on any atom is 0.494 e. The fraction of sp³-hybridized carbons (Fsp3) is 0.588. The number of hydrogen-bond donors (Lipinski definition) is 1. The van der Waals surface area contributed by atoms with Gasteiger partial charge in [0.25, 0.3) is 0 Å². The minimum absolute atomic E-state index is 0.337. The van der Waals surface area contributed by atoms with Gasteiger partial charge in [-0.3, -0.25) is 4.79 Å². The molecule has 1 aliphatic rings. The second-order valence-electron chi connectivity index (χ2n) is 7.13. The van der Waals surface area contributed by atoms with Crippen molar-refractivity contribution in [3.63, 3.8) is 0 Å². The number of rotatable bonds is 5. The Morgan fingerprint density at radius 3 is 2.04 bits per heavy atom. The summed E-state index contributed by atoms with van der Waals surface area (Å²) in [6.07, 6.45) is -2.92. The van der Waals surface area contributed by atoms with Crippen LogP contribution in [0.4, 0.5) is 8.78 Å². The summed E-state index contributed by atoms with van der Waals surface area (Å²) in [6.45, 7) is 9.19. The lowest BCUT2D eigenvalue weighted by Crippen LogP contribution is -2.41. The number of amides is 1.